The van der Waals surface area contributed by atoms with E-state index in [1.54, 1.807) is 27.7 Å². The lowest BCUT2D eigenvalue weighted by Gasteiger charge is -2.35. The smallest absolute Gasteiger partial charge is 0.323 e. The summed E-state index contributed by atoms with van der Waals surface area (Å²) in [5, 5.41) is 14.0. The maximum absolute atomic E-state index is 12.1. The molecule has 7 nitrogen and oxygen atoms in total. The fraction of sp³-hybridized carbons (Fsp3) is 0.769. The number of aliphatic carboxylic acids is 1. The van der Waals surface area contributed by atoms with E-state index < -0.39 is 30.1 Å². The largest absolute Gasteiger partial charge is 0.480 e. The Labute approximate surface area is 119 Å². The van der Waals surface area contributed by atoms with E-state index in [1.807, 2.05) is 6.92 Å². The highest BCUT2D eigenvalue weighted by Crippen LogP contribution is 2.13. The molecule has 0 aromatic heterocycles. The Morgan fingerprint density at radius 1 is 1.25 bits per heavy atom. The van der Waals surface area contributed by atoms with Gasteiger partial charge in [0.2, 0.25) is 5.91 Å². The number of carboxylic acids is 1. The average molecular weight is 287 g/mol. The molecule has 0 aliphatic carbocycles. The molecule has 0 saturated carbocycles. The molecule has 0 rings (SSSR count). The quantitative estimate of drug-likeness (QED) is 0.672. The molecule has 1 atom stereocenters. The molecule has 0 aliphatic rings. The van der Waals surface area contributed by atoms with Gasteiger partial charge >= 0.3 is 12.0 Å². The van der Waals surface area contributed by atoms with Gasteiger partial charge in [-0.3, -0.25) is 9.59 Å². The molecule has 0 aromatic rings. The van der Waals surface area contributed by atoms with Gasteiger partial charge in [-0.25, -0.2) is 4.79 Å². The van der Waals surface area contributed by atoms with Crippen LogP contribution in [0.25, 0.3) is 0 Å². The Kier molecular flexibility index (Phi) is 7.02. The maximum atomic E-state index is 12.1. The van der Waals surface area contributed by atoms with Gasteiger partial charge < -0.3 is 20.6 Å². The Morgan fingerprint density at radius 2 is 1.80 bits per heavy atom. The number of rotatable bonds is 6. The van der Waals surface area contributed by atoms with Crippen molar-refractivity contribution in [1.29, 1.82) is 0 Å². The van der Waals surface area contributed by atoms with Crippen LogP contribution in [-0.4, -0.2) is 52.6 Å². The van der Waals surface area contributed by atoms with Crippen LogP contribution in [-0.2, 0) is 9.59 Å². The lowest BCUT2D eigenvalue weighted by atomic mass is 10.1. The monoisotopic (exact) mass is 287 g/mol. The molecule has 3 amide bonds. The number of carbonyl (C=O) groups excluding carboxylic acids is 2. The second kappa shape index (κ2) is 7.72. The third-order valence-electron chi connectivity index (χ3n) is 2.63. The molecular formula is C13H25N3O4. The molecular weight excluding hydrogens is 262 g/mol. The first-order chi connectivity index (χ1) is 9.09. The number of nitrogens with one attached hydrogen (secondary N) is 2. The van der Waals surface area contributed by atoms with Gasteiger partial charge in [0.15, 0.2) is 0 Å². The van der Waals surface area contributed by atoms with Crippen LogP contribution in [0.2, 0.25) is 0 Å². The third-order valence-corrected chi connectivity index (χ3v) is 2.63. The topological polar surface area (TPSA) is 98.7 Å². The summed E-state index contributed by atoms with van der Waals surface area (Å²) < 4.78 is 0. The number of hydrogen-bond acceptors (Lipinski definition) is 3. The number of urea groups is 1. The normalized spacial score (nSPS) is 12.4. The molecule has 1 unspecified atom stereocenters. The van der Waals surface area contributed by atoms with Crippen LogP contribution >= 0.6 is 0 Å². The second-order valence-electron chi connectivity index (χ2n) is 5.61. The lowest BCUT2D eigenvalue weighted by Crippen LogP contribution is -2.56. The van der Waals surface area contributed by atoms with Crippen LogP contribution in [0.3, 0.4) is 0 Å². The van der Waals surface area contributed by atoms with Gasteiger partial charge in [0.1, 0.15) is 12.6 Å². The highest BCUT2D eigenvalue weighted by Gasteiger charge is 2.30. The minimum absolute atomic E-state index is 0.288. The molecule has 0 aromatic carbocycles. The summed E-state index contributed by atoms with van der Waals surface area (Å²) in [6, 6.07) is -1.29. The SMILES string of the molecule is CCCNC(=O)C(C)NC(=O)N(CC(=O)O)C(C)(C)C. The van der Waals surface area contributed by atoms with Crippen molar-refractivity contribution < 1.29 is 19.5 Å². The number of hydrogen-bond donors (Lipinski definition) is 3. The van der Waals surface area contributed by atoms with Crippen molar-refractivity contribution in [3.8, 4) is 0 Å². The third kappa shape index (κ3) is 6.40. The predicted octanol–water partition coefficient (Wildman–Crippen LogP) is 0.796. The summed E-state index contributed by atoms with van der Waals surface area (Å²) in [5.41, 5.74) is -0.651. The Bertz CT molecular complexity index is 363. The van der Waals surface area contributed by atoms with Crippen molar-refractivity contribution in [1.82, 2.24) is 15.5 Å². The van der Waals surface area contributed by atoms with Crippen molar-refractivity contribution in [2.75, 3.05) is 13.1 Å². The van der Waals surface area contributed by atoms with Crippen LogP contribution in [0.5, 0.6) is 0 Å². The zero-order valence-corrected chi connectivity index (χ0v) is 12.8. The minimum atomic E-state index is -1.10. The fourth-order valence-corrected chi connectivity index (χ4v) is 1.48. The maximum Gasteiger partial charge on any atom is 0.323 e. The number of carbonyl (C=O) groups is 3. The molecule has 0 saturated heterocycles. The standard InChI is InChI=1S/C13H25N3O4/c1-6-7-14-11(19)9(2)15-12(20)16(8-10(17)18)13(3,4)5/h9H,6-8H2,1-5H3,(H,14,19)(H,15,20)(H,17,18). The summed E-state index contributed by atoms with van der Waals surface area (Å²) in [7, 11) is 0. The summed E-state index contributed by atoms with van der Waals surface area (Å²) >= 11 is 0. The van der Waals surface area contributed by atoms with Crippen LogP contribution in [0.15, 0.2) is 0 Å². The van der Waals surface area contributed by atoms with E-state index in [0.717, 1.165) is 6.42 Å². The van der Waals surface area contributed by atoms with E-state index in [0.29, 0.717) is 6.54 Å². The molecule has 116 valence electrons. The first kappa shape index (κ1) is 18.2. The summed E-state index contributed by atoms with van der Waals surface area (Å²) in [4.78, 5) is 35.8. The first-order valence-electron chi connectivity index (χ1n) is 6.67. The second-order valence-corrected chi connectivity index (χ2v) is 5.61. The zero-order valence-electron chi connectivity index (χ0n) is 12.8. The highest BCUT2D eigenvalue weighted by atomic mass is 16.4. The van der Waals surface area contributed by atoms with Gasteiger partial charge in [0.25, 0.3) is 0 Å². The lowest BCUT2D eigenvalue weighted by molar-refractivity contribution is -0.138. The van der Waals surface area contributed by atoms with Crippen LogP contribution < -0.4 is 10.6 Å². The molecule has 3 N–H and O–H groups in total. The van der Waals surface area contributed by atoms with Gasteiger partial charge in [-0.1, -0.05) is 6.92 Å². The number of nitrogens with zero attached hydrogens (tertiary/aromatic N) is 1. The fourth-order valence-electron chi connectivity index (χ4n) is 1.48. The number of amides is 3. The van der Waals surface area contributed by atoms with Crippen molar-refractivity contribution in [3.63, 3.8) is 0 Å². The number of carboxylic acid groups (broad SMARTS) is 1. The van der Waals surface area contributed by atoms with E-state index in [1.165, 1.54) is 4.90 Å². The molecule has 0 heterocycles. The summed E-state index contributed by atoms with van der Waals surface area (Å²) in [5.74, 6) is -1.39. The molecule has 0 radical (unpaired) electrons. The van der Waals surface area contributed by atoms with Gasteiger partial charge in [0.05, 0.1) is 0 Å². The van der Waals surface area contributed by atoms with E-state index >= 15 is 0 Å². The van der Waals surface area contributed by atoms with Gasteiger partial charge in [-0.15, -0.1) is 0 Å². The highest BCUT2D eigenvalue weighted by molar-refractivity contribution is 5.88. The Hall–Kier alpha value is -1.79. The van der Waals surface area contributed by atoms with E-state index in [-0.39, 0.29) is 5.91 Å². The molecule has 0 spiro atoms. The molecule has 20 heavy (non-hydrogen) atoms. The van der Waals surface area contributed by atoms with Gasteiger partial charge in [0, 0.05) is 12.1 Å². The van der Waals surface area contributed by atoms with Gasteiger partial charge in [-0.2, -0.15) is 0 Å². The van der Waals surface area contributed by atoms with E-state index in [9.17, 15) is 14.4 Å². The molecule has 0 bridgehead atoms. The van der Waals surface area contributed by atoms with Crippen molar-refractivity contribution in [2.24, 2.45) is 0 Å². The van der Waals surface area contributed by atoms with Crippen molar-refractivity contribution in [2.45, 2.75) is 52.6 Å². The Morgan fingerprint density at radius 3 is 2.20 bits per heavy atom. The first-order valence-corrected chi connectivity index (χ1v) is 6.67. The Balaban J connectivity index is 4.68. The van der Waals surface area contributed by atoms with Crippen molar-refractivity contribution in [3.05, 3.63) is 0 Å². The van der Waals surface area contributed by atoms with Gasteiger partial charge in [-0.05, 0) is 34.1 Å². The van der Waals surface area contributed by atoms with Crippen LogP contribution in [0, 0.1) is 0 Å². The summed E-state index contributed by atoms with van der Waals surface area (Å²) in [6.07, 6.45) is 0.805. The predicted molar refractivity (Wildman–Crippen MR) is 75.4 cm³/mol. The van der Waals surface area contributed by atoms with Crippen molar-refractivity contribution >= 4 is 17.9 Å². The molecule has 7 heteroatoms. The van der Waals surface area contributed by atoms with E-state index in [2.05, 4.69) is 10.6 Å². The van der Waals surface area contributed by atoms with E-state index in [4.69, 9.17) is 5.11 Å². The molecule has 0 fully saturated rings. The minimum Gasteiger partial charge on any atom is -0.480 e. The van der Waals surface area contributed by atoms with Crippen LogP contribution in [0.1, 0.15) is 41.0 Å². The zero-order chi connectivity index (χ0) is 15.9. The molecule has 0 aliphatic heterocycles. The average Bonchev–Trinajstić information content (AvgIpc) is 2.30. The van der Waals surface area contributed by atoms with Crippen LogP contribution in [0.4, 0.5) is 4.79 Å². The summed E-state index contributed by atoms with van der Waals surface area (Å²) in [6.45, 7) is 8.81.